The zero-order valence-electron chi connectivity index (χ0n) is 27.5. The molecule has 2 aromatic carbocycles. The summed E-state index contributed by atoms with van der Waals surface area (Å²) in [7, 11) is 0.189. The van der Waals surface area contributed by atoms with E-state index >= 15 is 0 Å². The molecule has 10 heteroatoms. The molecule has 1 fully saturated rings. The van der Waals surface area contributed by atoms with Crippen molar-refractivity contribution in [3.63, 3.8) is 0 Å². The number of nitrogens with one attached hydrogen (secondary N) is 1. The summed E-state index contributed by atoms with van der Waals surface area (Å²) in [5, 5.41) is -0.00223. The average Bonchev–Trinajstić information content (AvgIpc) is 3.14. The van der Waals surface area contributed by atoms with Crippen molar-refractivity contribution in [2.45, 2.75) is 69.1 Å². The second-order valence-electron chi connectivity index (χ2n) is 14.2. The number of anilines is 1. The maximum Gasteiger partial charge on any atom is 0.264 e. The third-order valence-corrected chi connectivity index (χ3v) is 13.0. The molecule has 6 rings (SSSR count). The van der Waals surface area contributed by atoms with Crippen LogP contribution in [0.1, 0.15) is 67.4 Å². The number of amides is 1. The van der Waals surface area contributed by atoms with Gasteiger partial charge in [0.15, 0.2) is 0 Å². The molecule has 1 amide bonds. The van der Waals surface area contributed by atoms with Crippen molar-refractivity contribution in [1.82, 2.24) is 9.62 Å². The van der Waals surface area contributed by atoms with Gasteiger partial charge >= 0.3 is 0 Å². The van der Waals surface area contributed by atoms with Crippen LogP contribution in [0, 0.1) is 17.8 Å². The average molecular weight is 670 g/mol. The number of carbonyl (C=O) groups excluding carboxylic acids is 1. The van der Waals surface area contributed by atoms with E-state index in [2.05, 4.69) is 38.8 Å². The van der Waals surface area contributed by atoms with E-state index in [-0.39, 0.29) is 17.4 Å². The first-order valence-corrected chi connectivity index (χ1v) is 18.7. The minimum Gasteiger partial charge on any atom is -0.490 e. The maximum absolute atomic E-state index is 13.5. The van der Waals surface area contributed by atoms with Gasteiger partial charge in [-0.15, -0.1) is 0 Å². The quantitative estimate of drug-likeness (QED) is 0.410. The Bertz CT molecular complexity index is 1580. The zero-order valence-corrected chi connectivity index (χ0v) is 29.1. The van der Waals surface area contributed by atoms with Gasteiger partial charge < -0.3 is 19.3 Å². The van der Waals surface area contributed by atoms with Crippen LogP contribution in [0.5, 0.6) is 5.75 Å². The van der Waals surface area contributed by atoms with Crippen molar-refractivity contribution in [3.05, 3.63) is 70.3 Å². The highest BCUT2D eigenvalue weighted by molar-refractivity contribution is 7.90. The Labute approximate surface area is 279 Å². The van der Waals surface area contributed by atoms with E-state index in [0.717, 1.165) is 68.2 Å². The molecule has 250 valence electrons. The van der Waals surface area contributed by atoms with E-state index in [1.54, 1.807) is 13.0 Å². The van der Waals surface area contributed by atoms with Crippen molar-refractivity contribution in [1.29, 1.82) is 0 Å². The second-order valence-corrected chi connectivity index (χ2v) is 16.7. The number of halogens is 1. The number of sulfonamides is 1. The maximum atomic E-state index is 13.5. The van der Waals surface area contributed by atoms with Crippen LogP contribution in [0.4, 0.5) is 5.69 Å². The Morgan fingerprint density at radius 1 is 1.15 bits per heavy atom. The van der Waals surface area contributed by atoms with E-state index in [1.165, 1.54) is 11.1 Å². The molecule has 2 aromatic rings. The monoisotopic (exact) mass is 669 g/mol. The van der Waals surface area contributed by atoms with E-state index in [0.29, 0.717) is 37.0 Å². The predicted octanol–water partition coefficient (Wildman–Crippen LogP) is 5.83. The van der Waals surface area contributed by atoms with E-state index < -0.39 is 21.2 Å². The molecule has 46 heavy (non-hydrogen) atoms. The SMILES string of the molecule is C[C@@H]1[C@@H](C)C/C=C\[C@H](OCCN(C)C)[C@@H]2CC[C@H]2CN2C[C@@]3(CCCc4cc(Cl)ccc43)COc3ccc(cc32)C(=O)NS1(=O)=O. The standard InChI is InChI=1S/C36H48ClN3O5S/c1-24-7-5-9-33(44-18-17-39(3)4)30-13-10-28(30)21-40-22-36(16-6-8-26-19-29(37)12-14-31(26)36)23-45-34-15-11-27(20-32(34)40)35(41)38-46(42,43)25(24)2/h5,9,11-12,14-15,19-20,24-25,28,30,33H,6-8,10,13,16-18,21-23H2,1-4H3,(H,38,41)/b9-5-/t24-,25+,28-,30+,33-,36-/m0/s1. The van der Waals surface area contributed by atoms with Crippen molar-refractivity contribution < 1.29 is 22.7 Å². The summed E-state index contributed by atoms with van der Waals surface area (Å²) < 4.78 is 42.2. The Hall–Kier alpha value is -2.59. The molecule has 4 aliphatic rings. The largest absolute Gasteiger partial charge is 0.490 e. The summed E-state index contributed by atoms with van der Waals surface area (Å²) in [5.74, 6) is 0.657. The smallest absolute Gasteiger partial charge is 0.264 e. The molecule has 1 saturated carbocycles. The third kappa shape index (κ3) is 6.84. The highest BCUT2D eigenvalue weighted by atomic mass is 35.5. The van der Waals surface area contributed by atoms with Crippen molar-refractivity contribution >= 4 is 33.2 Å². The number of carbonyl (C=O) groups is 1. The van der Waals surface area contributed by atoms with Crippen LogP contribution in [0.15, 0.2) is 48.6 Å². The lowest BCUT2D eigenvalue weighted by Crippen LogP contribution is -2.49. The number of ether oxygens (including phenoxy) is 2. The van der Waals surface area contributed by atoms with Crippen LogP contribution < -0.4 is 14.4 Å². The lowest BCUT2D eigenvalue weighted by molar-refractivity contribution is -0.0180. The number of allylic oxidation sites excluding steroid dienone is 1. The molecular weight excluding hydrogens is 622 g/mol. The normalized spacial score (nSPS) is 31.6. The van der Waals surface area contributed by atoms with Crippen molar-refractivity contribution in [2.24, 2.45) is 17.8 Å². The van der Waals surface area contributed by atoms with Gasteiger partial charge in [-0.2, -0.15) is 0 Å². The van der Waals surface area contributed by atoms with Gasteiger partial charge in [0.1, 0.15) is 5.75 Å². The summed E-state index contributed by atoms with van der Waals surface area (Å²) in [4.78, 5) is 18.0. The summed E-state index contributed by atoms with van der Waals surface area (Å²) in [5.41, 5.74) is 3.47. The number of rotatable bonds is 4. The highest BCUT2D eigenvalue weighted by Gasteiger charge is 2.44. The number of fused-ring (bicyclic) bond motifs is 4. The van der Waals surface area contributed by atoms with Gasteiger partial charge in [0.05, 0.1) is 30.3 Å². The molecule has 1 spiro atoms. The van der Waals surface area contributed by atoms with Gasteiger partial charge in [0.2, 0.25) is 10.0 Å². The first-order chi connectivity index (χ1) is 22.0. The number of aryl methyl sites for hydroxylation is 1. The molecule has 0 radical (unpaired) electrons. The Kier molecular flexibility index (Phi) is 9.77. The lowest BCUT2D eigenvalue weighted by Gasteiger charge is -2.46. The third-order valence-electron chi connectivity index (χ3n) is 10.9. The molecule has 2 aliphatic heterocycles. The van der Waals surface area contributed by atoms with Gasteiger partial charge in [-0.3, -0.25) is 4.79 Å². The van der Waals surface area contributed by atoms with E-state index in [4.69, 9.17) is 21.1 Å². The van der Waals surface area contributed by atoms with E-state index in [1.807, 2.05) is 39.2 Å². The summed E-state index contributed by atoms with van der Waals surface area (Å²) in [6, 6.07) is 11.6. The summed E-state index contributed by atoms with van der Waals surface area (Å²) >= 11 is 6.44. The molecule has 2 heterocycles. The van der Waals surface area contributed by atoms with Crippen LogP contribution in [-0.2, 0) is 26.6 Å². The Morgan fingerprint density at radius 2 is 1.98 bits per heavy atom. The molecule has 8 nitrogen and oxygen atoms in total. The van der Waals surface area contributed by atoms with Crippen LogP contribution >= 0.6 is 11.6 Å². The first kappa shape index (κ1) is 33.3. The molecule has 0 unspecified atom stereocenters. The van der Waals surface area contributed by atoms with Crippen LogP contribution in [0.25, 0.3) is 0 Å². The molecule has 0 saturated heterocycles. The first-order valence-electron chi connectivity index (χ1n) is 16.8. The van der Waals surface area contributed by atoms with Crippen LogP contribution in [0.3, 0.4) is 0 Å². The highest BCUT2D eigenvalue weighted by Crippen LogP contribution is 2.47. The van der Waals surface area contributed by atoms with E-state index in [9.17, 15) is 13.2 Å². The number of benzene rings is 2. The minimum absolute atomic E-state index is 0.0500. The summed E-state index contributed by atoms with van der Waals surface area (Å²) in [6.45, 7) is 7.10. The fourth-order valence-corrected chi connectivity index (χ4v) is 9.17. The number of likely N-dealkylation sites (N-methyl/N-ethyl adjacent to an activating group) is 1. The van der Waals surface area contributed by atoms with Crippen LogP contribution in [0.2, 0.25) is 5.02 Å². The van der Waals surface area contributed by atoms with Gasteiger partial charge in [0, 0.05) is 35.6 Å². The van der Waals surface area contributed by atoms with Gasteiger partial charge in [-0.25, -0.2) is 13.1 Å². The minimum atomic E-state index is -3.91. The predicted molar refractivity (Wildman–Crippen MR) is 183 cm³/mol. The fraction of sp³-hybridized carbons (Fsp3) is 0.583. The van der Waals surface area contributed by atoms with Crippen molar-refractivity contribution in [2.75, 3.05) is 51.8 Å². The molecule has 1 N–H and O–H groups in total. The van der Waals surface area contributed by atoms with Gasteiger partial charge in [-0.1, -0.05) is 36.7 Å². The molecule has 0 aromatic heterocycles. The number of nitrogens with zero attached hydrogens (tertiary/aromatic N) is 2. The zero-order chi connectivity index (χ0) is 32.6. The van der Waals surface area contributed by atoms with Gasteiger partial charge in [-0.05, 0) is 119 Å². The number of hydrogen-bond acceptors (Lipinski definition) is 7. The molecular formula is C36H48ClN3O5S. The summed E-state index contributed by atoms with van der Waals surface area (Å²) in [6.07, 6.45) is 9.97. The second kappa shape index (κ2) is 13.5. The number of hydrogen-bond donors (Lipinski definition) is 1. The Morgan fingerprint density at radius 3 is 2.74 bits per heavy atom. The molecule has 6 atom stereocenters. The lowest BCUT2D eigenvalue weighted by atomic mass is 9.68. The van der Waals surface area contributed by atoms with Crippen molar-refractivity contribution in [3.8, 4) is 5.75 Å². The topological polar surface area (TPSA) is 88.2 Å². The fourth-order valence-electron chi connectivity index (χ4n) is 7.69. The van der Waals surface area contributed by atoms with Gasteiger partial charge in [0.25, 0.3) is 5.91 Å². The molecule has 2 aliphatic carbocycles. The Balaban J connectivity index is 1.40. The van der Waals surface area contributed by atoms with Crippen LogP contribution in [-0.4, -0.2) is 77.5 Å². The molecule has 2 bridgehead atoms.